The van der Waals surface area contributed by atoms with Crippen molar-refractivity contribution in [2.45, 2.75) is 26.2 Å². The Labute approximate surface area is 191 Å². The van der Waals surface area contributed by atoms with Gasteiger partial charge in [-0.15, -0.1) is 0 Å². The van der Waals surface area contributed by atoms with Crippen LogP contribution in [-0.2, 0) is 11.2 Å². The van der Waals surface area contributed by atoms with Crippen LogP contribution in [0.25, 0.3) is 11.0 Å². The van der Waals surface area contributed by atoms with Crippen LogP contribution in [0.15, 0.2) is 46.9 Å². The van der Waals surface area contributed by atoms with E-state index in [2.05, 4.69) is 10.6 Å². The number of nitrogens with one attached hydrogen (secondary N) is 3. The lowest BCUT2D eigenvalue weighted by Gasteiger charge is -2.08. The standard InChI is InChI=1S/C23H25Cl2N3O3/c1-15(29)28-23(26)22-14-17-20(6-2-7-21(17)31-22)30-12-4-11-27-10-3-5-16-8-9-18(24)19(25)13-16/h2,6-9,13-14,27H,3-5,10-12H2,1H3,(H2,26,28,29). The van der Waals surface area contributed by atoms with Crippen molar-refractivity contribution < 1.29 is 13.9 Å². The third kappa shape index (κ3) is 6.72. The molecule has 0 aliphatic rings. The van der Waals surface area contributed by atoms with Gasteiger partial charge in [-0.3, -0.25) is 10.2 Å². The zero-order chi connectivity index (χ0) is 22.2. The van der Waals surface area contributed by atoms with Crippen molar-refractivity contribution in [3.8, 4) is 5.75 Å². The number of hydrogen-bond acceptors (Lipinski definition) is 5. The lowest BCUT2D eigenvalue weighted by Crippen LogP contribution is -2.27. The number of amides is 1. The van der Waals surface area contributed by atoms with E-state index >= 15 is 0 Å². The molecular formula is C23H25Cl2N3O3. The summed E-state index contributed by atoms with van der Waals surface area (Å²) in [5, 5.41) is 15.7. The van der Waals surface area contributed by atoms with E-state index in [1.165, 1.54) is 12.5 Å². The molecule has 0 fully saturated rings. The molecule has 0 radical (unpaired) electrons. The summed E-state index contributed by atoms with van der Waals surface area (Å²) in [6.07, 6.45) is 2.81. The van der Waals surface area contributed by atoms with Gasteiger partial charge in [0.2, 0.25) is 5.91 Å². The molecule has 3 rings (SSSR count). The predicted octanol–water partition coefficient (Wildman–Crippen LogP) is 5.19. The van der Waals surface area contributed by atoms with Gasteiger partial charge in [-0.25, -0.2) is 0 Å². The second-order valence-corrected chi connectivity index (χ2v) is 7.95. The van der Waals surface area contributed by atoms with Crippen molar-refractivity contribution in [2.75, 3.05) is 19.7 Å². The molecule has 0 atom stereocenters. The molecule has 0 saturated carbocycles. The number of hydrogen-bond donors (Lipinski definition) is 3. The smallest absolute Gasteiger partial charge is 0.222 e. The van der Waals surface area contributed by atoms with Crippen molar-refractivity contribution in [3.63, 3.8) is 0 Å². The van der Waals surface area contributed by atoms with Crippen LogP contribution in [0.3, 0.4) is 0 Å². The Kier molecular flexibility index (Phi) is 8.35. The Morgan fingerprint density at radius 2 is 1.90 bits per heavy atom. The van der Waals surface area contributed by atoms with E-state index in [9.17, 15) is 4.79 Å². The van der Waals surface area contributed by atoms with E-state index in [4.69, 9.17) is 37.8 Å². The first-order valence-corrected chi connectivity index (χ1v) is 10.9. The third-order valence-electron chi connectivity index (χ3n) is 4.63. The largest absolute Gasteiger partial charge is 0.493 e. The number of carbonyl (C=O) groups excluding carboxylic acids is 1. The van der Waals surface area contributed by atoms with Gasteiger partial charge in [0.25, 0.3) is 0 Å². The fraction of sp³-hybridized carbons (Fsp3) is 0.304. The summed E-state index contributed by atoms with van der Waals surface area (Å²) in [6.45, 7) is 3.67. The number of benzene rings is 2. The molecular weight excluding hydrogens is 437 g/mol. The minimum Gasteiger partial charge on any atom is -0.493 e. The van der Waals surface area contributed by atoms with Crippen LogP contribution in [0.1, 0.15) is 31.1 Å². The lowest BCUT2D eigenvalue weighted by atomic mass is 10.1. The van der Waals surface area contributed by atoms with Crippen LogP contribution in [0.2, 0.25) is 10.0 Å². The van der Waals surface area contributed by atoms with Gasteiger partial charge in [-0.2, -0.15) is 0 Å². The Bertz CT molecular complexity index is 1070. The predicted molar refractivity (Wildman–Crippen MR) is 125 cm³/mol. The molecule has 3 aromatic rings. The lowest BCUT2D eigenvalue weighted by molar-refractivity contribution is -0.117. The van der Waals surface area contributed by atoms with Gasteiger partial charge in [0.05, 0.1) is 22.0 Å². The number of halogens is 2. The fourth-order valence-electron chi connectivity index (χ4n) is 3.14. The molecule has 164 valence electrons. The van der Waals surface area contributed by atoms with E-state index in [-0.39, 0.29) is 11.7 Å². The number of aryl methyl sites for hydroxylation is 1. The molecule has 1 aromatic heterocycles. The zero-order valence-electron chi connectivity index (χ0n) is 17.3. The van der Waals surface area contributed by atoms with E-state index in [0.29, 0.717) is 33.7 Å². The maximum Gasteiger partial charge on any atom is 0.222 e. The molecule has 6 nitrogen and oxygen atoms in total. The topological polar surface area (TPSA) is 87.4 Å². The zero-order valence-corrected chi connectivity index (χ0v) is 18.8. The Hall–Kier alpha value is -2.54. The first kappa shape index (κ1) is 23.1. The summed E-state index contributed by atoms with van der Waals surface area (Å²) < 4.78 is 11.6. The molecule has 1 amide bonds. The van der Waals surface area contributed by atoms with Crippen LogP contribution in [0.4, 0.5) is 0 Å². The van der Waals surface area contributed by atoms with E-state index in [0.717, 1.165) is 37.7 Å². The molecule has 0 aliphatic heterocycles. The summed E-state index contributed by atoms with van der Waals surface area (Å²) in [6, 6.07) is 13.0. The van der Waals surface area contributed by atoms with E-state index in [1.807, 2.05) is 36.4 Å². The summed E-state index contributed by atoms with van der Waals surface area (Å²) in [7, 11) is 0. The second kappa shape index (κ2) is 11.2. The number of amidine groups is 1. The number of furan rings is 1. The van der Waals surface area contributed by atoms with Crippen molar-refractivity contribution in [1.29, 1.82) is 5.41 Å². The molecule has 0 aliphatic carbocycles. The second-order valence-electron chi connectivity index (χ2n) is 7.14. The number of ether oxygens (including phenoxy) is 1. The van der Waals surface area contributed by atoms with Crippen molar-refractivity contribution in [1.82, 2.24) is 10.6 Å². The van der Waals surface area contributed by atoms with Crippen LogP contribution in [0, 0.1) is 5.41 Å². The van der Waals surface area contributed by atoms with Gasteiger partial charge < -0.3 is 19.8 Å². The monoisotopic (exact) mass is 461 g/mol. The maximum atomic E-state index is 11.1. The molecule has 8 heteroatoms. The Morgan fingerprint density at radius 1 is 1.10 bits per heavy atom. The molecule has 0 unspecified atom stereocenters. The van der Waals surface area contributed by atoms with Gasteiger partial charge in [0, 0.05) is 6.92 Å². The maximum absolute atomic E-state index is 11.1. The molecule has 0 bridgehead atoms. The summed E-state index contributed by atoms with van der Waals surface area (Å²) >= 11 is 12.0. The number of rotatable bonds is 10. The Balaban J connectivity index is 1.39. The summed E-state index contributed by atoms with van der Waals surface area (Å²) in [5.74, 6) is 0.610. The molecule has 31 heavy (non-hydrogen) atoms. The number of carbonyl (C=O) groups is 1. The fourth-order valence-corrected chi connectivity index (χ4v) is 3.46. The van der Waals surface area contributed by atoms with Crippen LogP contribution in [0.5, 0.6) is 5.75 Å². The highest BCUT2D eigenvalue weighted by Gasteiger charge is 2.13. The highest BCUT2D eigenvalue weighted by atomic mass is 35.5. The normalized spacial score (nSPS) is 10.9. The van der Waals surface area contributed by atoms with Crippen molar-refractivity contribution >= 4 is 45.9 Å². The van der Waals surface area contributed by atoms with Crippen molar-refractivity contribution in [2.24, 2.45) is 0 Å². The van der Waals surface area contributed by atoms with Crippen LogP contribution < -0.4 is 15.4 Å². The first-order chi connectivity index (χ1) is 14.9. The molecule has 2 aromatic carbocycles. The van der Waals surface area contributed by atoms with Gasteiger partial charge in [0.15, 0.2) is 11.6 Å². The molecule has 0 saturated heterocycles. The van der Waals surface area contributed by atoms with Gasteiger partial charge >= 0.3 is 0 Å². The summed E-state index contributed by atoms with van der Waals surface area (Å²) in [5.41, 5.74) is 1.79. The highest BCUT2D eigenvalue weighted by Crippen LogP contribution is 2.29. The van der Waals surface area contributed by atoms with Gasteiger partial charge in [0.1, 0.15) is 11.3 Å². The van der Waals surface area contributed by atoms with Gasteiger partial charge in [-0.05, 0) is 68.2 Å². The first-order valence-electron chi connectivity index (χ1n) is 10.1. The Morgan fingerprint density at radius 3 is 2.68 bits per heavy atom. The molecule has 3 N–H and O–H groups in total. The minimum atomic E-state index is -0.314. The van der Waals surface area contributed by atoms with E-state index < -0.39 is 0 Å². The molecule has 1 heterocycles. The minimum absolute atomic E-state index is 0.0697. The summed E-state index contributed by atoms with van der Waals surface area (Å²) in [4.78, 5) is 11.1. The highest BCUT2D eigenvalue weighted by molar-refractivity contribution is 6.42. The van der Waals surface area contributed by atoms with Crippen LogP contribution >= 0.6 is 23.2 Å². The quantitative estimate of drug-likeness (QED) is 0.220. The average molecular weight is 462 g/mol. The SMILES string of the molecule is CC(=O)NC(=N)c1cc2c(OCCCNCCCc3ccc(Cl)c(Cl)c3)cccc2o1. The van der Waals surface area contributed by atoms with Crippen LogP contribution in [-0.4, -0.2) is 31.4 Å². The number of fused-ring (bicyclic) bond motifs is 1. The van der Waals surface area contributed by atoms with Gasteiger partial charge in [-0.1, -0.05) is 35.3 Å². The van der Waals surface area contributed by atoms with Crippen molar-refractivity contribution in [3.05, 3.63) is 63.8 Å². The third-order valence-corrected chi connectivity index (χ3v) is 5.37. The molecule has 0 spiro atoms. The average Bonchev–Trinajstić information content (AvgIpc) is 3.17. The van der Waals surface area contributed by atoms with E-state index in [1.54, 1.807) is 6.07 Å².